The molecule has 7 heteroatoms. The van der Waals surface area contributed by atoms with Crippen molar-refractivity contribution in [3.8, 4) is 0 Å². The van der Waals surface area contributed by atoms with Crippen LogP contribution in [0.25, 0.3) is 0 Å². The molecule has 0 bridgehead atoms. The second-order valence-corrected chi connectivity index (χ2v) is 4.54. The van der Waals surface area contributed by atoms with Gasteiger partial charge in [-0.05, 0) is 6.07 Å². The number of methoxy groups -OCH3 is 1. The highest BCUT2D eigenvalue weighted by Gasteiger charge is 2.27. The molecule has 0 spiro atoms. The van der Waals surface area contributed by atoms with E-state index >= 15 is 0 Å². The third kappa shape index (κ3) is 2.37. The van der Waals surface area contributed by atoms with Crippen LogP contribution in [0.3, 0.4) is 0 Å². The number of hydrogen-bond acceptors (Lipinski definition) is 6. The van der Waals surface area contributed by atoms with Crippen LogP contribution in [0.5, 0.6) is 0 Å². The Balaban J connectivity index is 2.11. The first kappa shape index (κ1) is 11.4. The second kappa shape index (κ2) is 4.86. The fourth-order valence-corrected chi connectivity index (χ4v) is 2.52. The molecular formula is C9H13N3O3S. The molecule has 1 fully saturated rings. The van der Waals surface area contributed by atoms with Gasteiger partial charge in [0.05, 0.1) is 6.61 Å². The maximum Gasteiger partial charge on any atom is 0.351 e. The molecule has 0 aromatic carbocycles. The van der Waals surface area contributed by atoms with Gasteiger partial charge in [-0.15, -0.1) is 11.8 Å². The topological polar surface area (TPSA) is 79.4 Å². The number of hydrogen-bond donors (Lipinski definition) is 1. The zero-order valence-corrected chi connectivity index (χ0v) is 9.64. The Morgan fingerprint density at radius 3 is 3.31 bits per heavy atom. The smallest absolute Gasteiger partial charge is 0.351 e. The van der Waals surface area contributed by atoms with Crippen LogP contribution in [0, 0.1) is 0 Å². The molecular weight excluding hydrogens is 230 g/mol. The number of thioether (sulfide) groups is 1. The first-order chi connectivity index (χ1) is 7.70. The van der Waals surface area contributed by atoms with E-state index in [0.29, 0.717) is 12.4 Å². The molecule has 0 amide bonds. The lowest BCUT2D eigenvalue weighted by molar-refractivity contribution is -0.0152. The van der Waals surface area contributed by atoms with Gasteiger partial charge in [0.25, 0.3) is 0 Å². The average molecular weight is 243 g/mol. The molecule has 6 nitrogen and oxygen atoms in total. The van der Waals surface area contributed by atoms with E-state index in [9.17, 15) is 4.79 Å². The van der Waals surface area contributed by atoms with Gasteiger partial charge in [-0.2, -0.15) is 4.98 Å². The molecule has 88 valence electrons. The van der Waals surface area contributed by atoms with Gasteiger partial charge in [-0.25, -0.2) is 4.79 Å². The quantitative estimate of drug-likeness (QED) is 0.808. The van der Waals surface area contributed by atoms with Gasteiger partial charge in [-0.3, -0.25) is 4.57 Å². The maximum absolute atomic E-state index is 11.5. The predicted octanol–water partition coefficient (Wildman–Crippen LogP) is 0.0600. The Labute approximate surface area is 96.8 Å². The standard InChI is InChI=1S/C9H13N3O3S/c1-14-4-8-15-7(5-16-8)12-3-2-6(10)11-9(12)13/h2-3,7-8H,4-5H2,1H3,(H2,10,11,13)/t7?,8-/m1/s1. The van der Waals surface area contributed by atoms with Gasteiger partial charge in [0.2, 0.25) is 0 Å². The first-order valence-corrected chi connectivity index (χ1v) is 5.86. The van der Waals surface area contributed by atoms with E-state index in [2.05, 4.69) is 4.98 Å². The summed E-state index contributed by atoms with van der Waals surface area (Å²) in [6.45, 7) is 0.512. The van der Waals surface area contributed by atoms with Gasteiger partial charge in [-0.1, -0.05) is 0 Å². The van der Waals surface area contributed by atoms with E-state index in [-0.39, 0.29) is 23.2 Å². The zero-order valence-electron chi connectivity index (χ0n) is 8.83. The third-order valence-corrected chi connectivity index (χ3v) is 3.29. The van der Waals surface area contributed by atoms with Crippen molar-refractivity contribution in [2.24, 2.45) is 0 Å². The minimum Gasteiger partial charge on any atom is -0.383 e. The molecule has 0 aliphatic carbocycles. The summed E-state index contributed by atoms with van der Waals surface area (Å²) in [4.78, 5) is 15.2. The van der Waals surface area contributed by atoms with E-state index < -0.39 is 0 Å². The number of nitrogens with two attached hydrogens (primary N) is 1. The second-order valence-electron chi connectivity index (χ2n) is 3.35. The number of nitrogen functional groups attached to an aromatic ring is 1. The summed E-state index contributed by atoms with van der Waals surface area (Å²) < 4.78 is 12.1. The minimum atomic E-state index is -0.385. The number of nitrogens with zero attached hydrogens (tertiary/aromatic N) is 2. The van der Waals surface area contributed by atoms with Gasteiger partial charge >= 0.3 is 5.69 Å². The molecule has 1 aliphatic rings. The lowest BCUT2D eigenvalue weighted by Crippen LogP contribution is -2.28. The molecule has 1 saturated heterocycles. The lowest BCUT2D eigenvalue weighted by Gasteiger charge is -2.13. The van der Waals surface area contributed by atoms with Crippen LogP contribution in [0.15, 0.2) is 17.1 Å². The van der Waals surface area contributed by atoms with E-state index in [1.54, 1.807) is 31.1 Å². The van der Waals surface area contributed by atoms with Crippen molar-refractivity contribution >= 4 is 17.6 Å². The summed E-state index contributed by atoms with van der Waals surface area (Å²) in [5.41, 5.74) is 5.00. The molecule has 1 unspecified atom stereocenters. The third-order valence-electron chi connectivity index (χ3n) is 2.20. The lowest BCUT2D eigenvalue weighted by atomic mass is 10.5. The van der Waals surface area contributed by atoms with E-state index in [0.717, 1.165) is 0 Å². The summed E-state index contributed by atoms with van der Waals surface area (Å²) in [7, 11) is 1.62. The Hall–Kier alpha value is -1.05. The van der Waals surface area contributed by atoms with Crippen LogP contribution in [-0.4, -0.2) is 34.5 Å². The molecule has 1 aromatic heterocycles. The van der Waals surface area contributed by atoms with Gasteiger partial charge in [0.1, 0.15) is 17.5 Å². The maximum atomic E-state index is 11.5. The normalized spacial score (nSPS) is 24.8. The molecule has 1 aliphatic heterocycles. The highest BCUT2D eigenvalue weighted by Crippen LogP contribution is 2.30. The van der Waals surface area contributed by atoms with E-state index in [4.69, 9.17) is 15.2 Å². The summed E-state index contributed by atoms with van der Waals surface area (Å²) >= 11 is 1.62. The fraction of sp³-hybridized carbons (Fsp3) is 0.556. The van der Waals surface area contributed by atoms with Crippen molar-refractivity contribution in [2.75, 3.05) is 25.2 Å². The van der Waals surface area contributed by atoms with Gasteiger partial charge in [0.15, 0.2) is 0 Å². The van der Waals surface area contributed by atoms with Gasteiger partial charge < -0.3 is 15.2 Å². The molecule has 2 rings (SSSR count). The van der Waals surface area contributed by atoms with Crippen LogP contribution >= 0.6 is 11.8 Å². The fourth-order valence-electron chi connectivity index (χ4n) is 1.46. The summed E-state index contributed by atoms with van der Waals surface area (Å²) in [6, 6.07) is 1.58. The number of anilines is 1. The monoisotopic (exact) mass is 243 g/mol. The predicted molar refractivity (Wildman–Crippen MR) is 61.2 cm³/mol. The Morgan fingerprint density at radius 2 is 2.62 bits per heavy atom. The molecule has 2 heterocycles. The van der Waals surface area contributed by atoms with Crippen molar-refractivity contribution in [2.45, 2.75) is 11.7 Å². The van der Waals surface area contributed by atoms with Crippen LogP contribution in [-0.2, 0) is 9.47 Å². The Morgan fingerprint density at radius 1 is 1.81 bits per heavy atom. The largest absolute Gasteiger partial charge is 0.383 e. The van der Waals surface area contributed by atoms with Crippen LogP contribution in [0.2, 0.25) is 0 Å². The SMILES string of the molecule is COC[C@@H]1OC(n2ccc(N)nc2=O)CS1. The first-order valence-electron chi connectivity index (χ1n) is 4.81. The summed E-state index contributed by atoms with van der Waals surface area (Å²) in [6.07, 6.45) is 1.32. The van der Waals surface area contributed by atoms with Crippen molar-refractivity contribution in [3.63, 3.8) is 0 Å². The van der Waals surface area contributed by atoms with E-state index in [1.807, 2.05) is 0 Å². The molecule has 0 radical (unpaired) electrons. The molecule has 1 aromatic rings. The van der Waals surface area contributed by atoms with Crippen molar-refractivity contribution < 1.29 is 9.47 Å². The summed E-state index contributed by atoms with van der Waals surface area (Å²) in [5.74, 6) is 0.930. The van der Waals surface area contributed by atoms with Crippen molar-refractivity contribution in [1.29, 1.82) is 0 Å². The number of aromatic nitrogens is 2. The zero-order chi connectivity index (χ0) is 11.5. The van der Waals surface area contributed by atoms with Crippen LogP contribution in [0.1, 0.15) is 6.23 Å². The van der Waals surface area contributed by atoms with Crippen LogP contribution < -0.4 is 11.4 Å². The van der Waals surface area contributed by atoms with Crippen molar-refractivity contribution in [3.05, 3.63) is 22.7 Å². The molecule has 2 N–H and O–H groups in total. The molecule has 16 heavy (non-hydrogen) atoms. The number of rotatable bonds is 3. The minimum absolute atomic E-state index is 0.0283. The molecule has 0 saturated carbocycles. The van der Waals surface area contributed by atoms with Gasteiger partial charge in [0, 0.05) is 19.1 Å². The Kier molecular flexibility index (Phi) is 3.47. The highest BCUT2D eigenvalue weighted by molar-refractivity contribution is 8.00. The average Bonchev–Trinajstić information content (AvgIpc) is 2.67. The van der Waals surface area contributed by atoms with Crippen molar-refractivity contribution in [1.82, 2.24) is 9.55 Å². The van der Waals surface area contributed by atoms with Crippen LogP contribution in [0.4, 0.5) is 5.82 Å². The van der Waals surface area contributed by atoms with E-state index in [1.165, 1.54) is 4.57 Å². The summed E-state index contributed by atoms with van der Waals surface area (Å²) in [5, 5.41) is 0. The number of ether oxygens (including phenoxy) is 2. The Bertz CT molecular complexity index is 423. The molecule has 2 atom stereocenters. The highest BCUT2D eigenvalue weighted by atomic mass is 32.2.